The molecule has 0 aliphatic heterocycles. The minimum absolute atomic E-state index is 0.0880. The number of nitrogens with one attached hydrogen (secondary N) is 1. The maximum absolute atomic E-state index is 12.7. The van der Waals surface area contributed by atoms with Gasteiger partial charge < -0.3 is 16.2 Å². The molecule has 26 heavy (non-hydrogen) atoms. The van der Waals surface area contributed by atoms with Crippen molar-refractivity contribution in [1.82, 2.24) is 0 Å². The fourth-order valence-electron chi connectivity index (χ4n) is 2.71. The molecule has 0 spiro atoms. The number of benzene rings is 3. The Hall–Kier alpha value is -3.10. The quantitative estimate of drug-likeness (QED) is 0.413. The summed E-state index contributed by atoms with van der Waals surface area (Å²) in [6.07, 6.45) is 0. The van der Waals surface area contributed by atoms with E-state index in [0.717, 1.165) is 11.6 Å². The van der Waals surface area contributed by atoms with Gasteiger partial charge in [-0.3, -0.25) is 9.35 Å². The predicted octanol–water partition coefficient (Wildman–Crippen LogP) is 2.94. The maximum atomic E-state index is 12.7. The Bertz CT molecular complexity index is 1140. The summed E-state index contributed by atoms with van der Waals surface area (Å²) in [4.78, 5) is 12.2. The lowest BCUT2D eigenvalue weighted by atomic mass is 10.1. The molecule has 0 fully saturated rings. The fraction of sp³-hybridized carbons (Fsp3) is 0.0556. The van der Waals surface area contributed by atoms with Crippen molar-refractivity contribution in [1.29, 1.82) is 0 Å². The van der Waals surface area contributed by atoms with Crippen LogP contribution >= 0.6 is 0 Å². The van der Waals surface area contributed by atoms with Crippen LogP contribution in [-0.2, 0) is 10.1 Å². The molecule has 5 N–H and O–H groups in total. The summed E-state index contributed by atoms with van der Waals surface area (Å²) in [6.45, 7) is 1.79. The number of aryl methyl sites for hydroxylation is 1. The van der Waals surface area contributed by atoms with E-state index in [1.165, 1.54) is 24.3 Å². The van der Waals surface area contributed by atoms with E-state index >= 15 is 0 Å². The van der Waals surface area contributed by atoms with E-state index in [1.807, 2.05) is 0 Å². The van der Waals surface area contributed by atoms with Crippen LogP contribution in [0.15, 0.2) is 53.4 Å². The molecule has 0 radical (unpaired) electrons. The zero-order valence-electron chi connectivity index (χ0n) is 13.7. The Labute approximate surface area is 149 Å². The number of nitrogen functional groups attached to an aromatic ring is 1. The highest BCUT2D eigenvalue weighted by molar-refractivity contribution is 7.86. The number of rotatable bonds is 3. The van der Waals surface area contributed by atoms with Crippen LogP contribution in [0.4, 0.5) is 11.4 Å². The summed E-state index contributed by atoms with van der Waals surface area (Å²) in [5, 5.41) is 13.1. The van der Waals surface area contributed by atoms with Crippen LogP contribution in [0.1, 0.15) is 15.9 Å². The second kappa shape index (κ2) is 6.32. The number of hydrogen-bond acceptors (Lipinski definition) is 5. The van der Waals surface area contributed by atoms with Gasteiger partial charge in [0.2, 0.25) is 0 Å². The smallest absolute Gasteiger partial charge is 0.296 e. The molecular formula is C18H16N2O5S. The van der Waals surface area contributed by atoms with Crippen molar-refractivity contribution < 1.29 is 22.9 Å². The van der Waals surface area contributed by atoms with Gasteiger partial charge in [0, 0.05) is 16.5 Å². The van der Waals surface area contributed by atoms with Crippen molar-refractivity contribution in [3.8, 4) is 5.75 Å². The Balaban J connectivity index is 2.21. The van der Waals surface area contributed by atoms with Crippen LogP contribution in [0.2, 0.25) is 0 Å². The van der Waals surface area contributed by atoms with Crippen molar-refractivity contribution in [3.05, 3.63) is 59.7 Å². The van der Waals surface area contributed by atoms with E-state index in [0.29, 0.717) is 5.39 Å². The van der Waals surface area contributed by atoms with Crippen molar-refractivity contribution in [3.63, 3.8) is 0 Å². The average Bonchev–Trinajstić information content (AvgIpc) is 2.56. The fourth-order valence-corrected chi connectivity index (χ4v) is 3.37. The number of anilines is 2. The van der Waals surface area contributed by atoms with Gasteiger partial charge in [0.25, 0.3) is 16.0 Å². The summed E-state index contributed by atoms with van der Waals surface area (Å²) in [6, 6.07) is 11.8. The van der Waals surface area contributed by atoms with Crippen LogP contribution in [0.5, 0.6) is 5.75 Å². The predicted molar refractivity (Wildman–Crippen MR) is 99.0 cm³/mol. The molecule has 3 aromatic carbocycles. The molecule has 8 heteroatoms. The third-order valence-corrected chi connectivity index (χ3v) is 4.87. The number of aromatic hydroxyl groups is 1. The monoisotopic (exact) mass is 372 g/mol. The van der Waals surface area contributed by atoms with E-state index in [-0.39, 0.29) is 28.1 Å². The third-order valence-electron chi connectivity index (χ3n) is 3.97. The highest BCUT2D eigenvalue weighted by Crippen LogP contribution is 2.35. The molecule has 0 aliphatic rings. The Morgan fingerprint density at radius 3 is 2.50 bits per heavy atom. The van der Waals surface area contributed by atoms with E-state index in [2.05, 4.69) is 5.32 Å². The van der Waals surface area contributed by atoms with E-state index in [9.17, 15) is 22.9 Å². The lowest BCUT2D eigenvalue weighted by Gasteiger charge is -2.14. The van der Waals surface area contributed by atoms with Gasteiger partial charge in [-0.05, 0) is 37.3 Å². The van der Waals surface area contributed by atoms with E-state index < -0.39 is 20.9 Å². The second-order valence-corrected chi connectivity index (χ2v) is 7.22. The molecule has 7 nitrogen and oxygen atoms in total. The number of hydrogen-bond donors (Lipinski definition) is 4. The lowest BCUT2D eigenvalue weighted by molar-refractivity contribution is 0.102. The minimum atomic E-state index is -4.61. The van der Waals surface area contributed by atoms with Gasteiger partial charge in [-0.15, -0.1) is 0 Å². The topological polar surface area (TPSA) is 130 Å². The molecule has 3 aromatic rings. The summed E-state index contributed by atoms with van der Waals surface area (Å²) in [7, 11) is -4.61. The van der Waals surface area contributed by atoms with Gasteiger partial charge in [0.15, 0.2) is 0 Å². The van der Waals surface area contributed by atoms with E-state index in [4.69, 9.17) is 5.73 Å². The SMILES string of the molecule is Cc1ccc(N)c(C(=O)Nc2c(S(=O)(=O)O)ccc3c(O)cccc23)c1. The second-order valence-electron chi connectivity index (χ2n) is 5.83. The maximum Gasteiger partial charge on any atom is 0.296 e. The molecule has 0 bridgehead atoms. The van der Waals surface area contributed by atoms with Gasteiger partial charge in [-0.25, -0.2) is 0 Å². The first kappa shape index (κ1) is 17.7. The zero-order chi connectivity index (χ0) is 19.1. The first-order chi connectivity index (χ1) is 12.2. The van der Waals surface area contributed by atoms with Gasteiger partial charge in [-0.1, -0.05) is 23.8 Å². The zero-order valence-corrected chi connectivity index (χ0v) is 14.5. The summed E-state index contributed by atoms with van der Waals surface area (Å²) < 4.78 is 33.0. The van der Waals surface area contributed by atoms with Crippen LogP contribution in [0, 0.1) is 6.92 Å². The molecular weight excluding hydrogens is 356 g/mol. The Kier molecular flexibility index (Phi) is 4.31. The van der Waals surface area contributed by atoms with Crippen molar-refractivity contribution in [2.75, 3.05) is 11.1 Å². The summed E-state index contributed by atoms with van der Waals surface area (Å²) in [5.41, 5.74) is 6.90. The number of nitrogens with two attached hydrogens (primary N) is 1. The number of fused-ring (bicyclic) bond motifs is 1. The highest BCUT2D eigenvalue weighted by Gasteiger charge is 2.22. The van der Waals surface area contributed by atoms with Gasteiger partial charge >= 0.3 is 0 Å². The molecule has 3 rings (SSSR count). The molecule has 0 saturated carbocycles. The largest absolute Gasteiger partial charge is 0.507 e. The summed E-state index contributed by atoms with van der Waals surface area (Å²) in [5.74, 6) is -0.720. The third kappa shape index (κ3) is 3.19. The van der Waals surface area contributed by atoms with Crippen molar-refractivity contribution in [2.24, 2.45) is 0 Å². The number of amides is 1. The normalized spacial score (nSPS) is 11.5. The molecule has 0 unspecified atom stereocenters. The molecule has 1 amide bonds. The number of carbonyl (C=O) groups is 1. The Morgan fingerprint density at radius 2 is 1.81 bits per heavy atom. The standard InChI is InChI=1S/C18H16N2O5S/c1-10-5-7-14(19)13(9-10)18(22)20-17-12-3-2-4-15(21)11(12)6-8-16(17)26(23,24)25/h2-9,21H,19H2,1H3,(H,20,22)(H,23,24,25). The molecule has 0 aliphatic carbocycles. The van der Waals surface area contributed by atoms with Crippen LogP contribution in [0.3, 0.4) is 0 Å². The lowest BCUT2D eigenvalue weighted by Crippen LogP contribution is -2.17. The van der Waals surface area contributed by atoms with Crippen LogP contribution in [0.25, 0.3) is 10.8 Å². The minimum Gasteiger partial charge on any atom is -0.507 e. The highest BCUT2D eigenvalue weighted by atomic mass is 32.2. The number of carbonyl (C=O) groups excluding carboxylic acids is 1. The van der Waals surface area contributed by atoms with Crippen LogP contribution in [-0.4, -0.2) is 24.0 Å². The molecule has 0 aromatic heterocycles. The first-order valence-electron chi connectivity index (χ1n) is 7.58. The molecule has 0 atom stereocenters. The Morgan fingerprint density at radius 1 is 1.08 bits per heavy atom. The van der Waals surface area contributed by atoms with Gasteiger partial charge in [-0.2, -0.15) is 8.42 Å². The molecule has 134 valence electrons. The summed E-state index contributed by atoms with van der Waals surface area (Å²) >= 11 is 0. The average molecular weight is 372 g/mol. The van der Waals surface area contributed by atoms with Crippen LogP contribution < -0.4 is 11.1 Å². The molecule has 0 saturated heterocycles. The van der Waals surface area contributed by atoms with Crippen molar-refractivity contribution >= 4 is 38.2 Å². The number of phenols is 1. The van der Waals surface area contributed by atoms with Gasteiger partial charge in [0.1, 0.15) is 10.6 Å². The first-order valence-corrected chi connectivity index (χ1v) is 9.02. The van der Waals surface area contributed by atoms with E-state index in [1.54, 1.807) is 25.1 Å². The molecule has 0 heterocycles. The van der Waals surface area contributed by atoms with Gasteiger partial charge in [0.05, 0.1) is 11.3 Å². The van der Waals surface area contributed by atoms with Crippen molar-refractivity contribution in [2.45, 2.75) is 11.8 Å². The number of phenolic OH excluding ortho intramolecular Hbond substituents is 1.